The second-order valence-corrected chi connectivity index (χ2v) is 4.57. The maximum absolute atomic E-state index is 11.9. The van der Waals surface area contributed by atoms with Gasteiger partial charge in [-0.2, -0.15) is 0 Å². The molecule has 0 aromatic carbocycles. The van der Waals surface area contributed by atoms with Gasteiger partial charge in [-0.05, 0) is 38.2 Å². The molecule has 0 aliphatic heterocycles. The quantitative estimate of drug-likeness (QED) is 0.576. The highest BCUT2D eigenvalue weighted by Crippen LogP contribution is 1.99. The third kappa shape index (κ3) is 6.39. The molecule has 1 heterocycles. The van der Waals surface area contributed by atoms with Gasteiger partial charge in [0.15, 0.2) is 0 Å². The summed E-state index contributed by atoms with van der Waals surface area (Å²) in [6.45, 7) is 8.33. The number of pyridine rings is 1. The molecule has 1 aromatic heterocycles. The Morgan fingerprint density at radius 1 is 1.38 bits per heavy atom. The molecule has 5 nitrogen and oxygen atoms in total. The largest absolute Gasteiger partial charge is 0.351 e. The van der Waals surface area contributed by atoms with Crippen molar-refractivity contribution in [3.8, 4) is 11.8 Å². The van der Waals surface area contributed by atoms with Crippen LogP contribution in [0.25, 0.3) is 0 Å². The average molecular weight is 288 g/mol. The van der Waals surface area contributed by atoms with Crippen LogP contribution >= 0.6 is 0 Å². The number of carbonyl (C=O) groups is 1. The zero-order valence-electron chi connectivity index (χ0n) is 12.9. The Balaban J connectivity index is 2.38. The topological polar surface area (TPSA) is 71.2 Å². The minimum Gasteiger partial charge on any atom is -0.351 e. The summed E-state index contributed by atoms with van der Waals surface area (Å²) in [5, 5.41) is 2.88. The van der Waals surface area contributed by atoms with Gasteiger partial charge >= 0.3 is 0 Å². The molecule has 0 saturated carbocycles. The zero-order chi connectivity index (χ0) is 15.5. The Kier molecular flexibility index (Phi) is 8.10. The van der Waals surface area contributed by atoms with E-state index in [0.29, 0.717) is 18.8 Å². The van der Waals surface area contributed by atoms with Crippen LogP contribution in [-0.2, 0) is 0 Å². The minimum absolute atomic E-state index is 0.145. The van der Waals surface area contributed by atoms with E-state index in [0.717, 1.165) is 31.6 Å². The van der Waals surface area contributed by atoms with Crippen LogP contribution in [0.3, 0.4) is 0 Å². The molecule has 1 amide bonds. The number of nitrogens with one attached hydrogen (secondary N) is 1. The number of aromatic nitrogens is 1. The van der Waals surface area contributed by atoms with E-state index in [1.54, 1.807) is 18.3 Å². The smallest absolute Gasteiger partial charge is 0.269 e. The van der Waals surface area contributed by atoms with Crippen LogP contribution in [0.1, 0.15) is 36.3 Å². The molecule has 0 bridgehead atoms. The van der Waals surface area contributed by atoms with Crippen molar-refractivity contribution in [3.63, 3.8) is 0 Å². The summed E-state index contributed by atoms with van der Waals surface area (Å²) in [5.41, 5.74) is 6.48. The lowest BCUT2D eigenvalue weighted by molar-refractivity contribution is 0.0947. The molecule has 1 rings (SSSR count). The normalized spacial score (nSPS) is 10.1. The Labute approximate surface area is 126 Å². The maximum Gasteiger partial charge on any atom is 0.269 e. The van der Waals surface area contributed by atoms with E-state index in [4.69, 9.17) is 5.73 Å². The van der Waals surface area contributed by atoms with Crippen molar-refractivity contribution in [1.29, 1.82) is 0 Å². The van der Waals surface area contributed by atoms with Crippen LogP contribution in [0.5, 0.6) is 0 Å². The first-order valence-electron chi connectivity index (χ1n) is 7.36. The summed E-state index contributed by atoms with van der Waals surface area (Å²) in [7, 11) is 0. The molecule has 0 fully saturated rings. The van der Waals surface area contributed by atoms with E-state index in [1.165, 1.54) is 0 Å². The number of rotatable bonds is 7. The number of amides is 1. The molecule has 0 unspecified atom stereocenters. The summed E-state index contributed by atoms with van der Waals surface area (Å²) in [4.78, 5) is 18.4. The summed E-state index contributed by atoms with van der Waals surface area (Å²) in [5.74, 6) is 5.48. The van der Waals surface area contributed by atoms with Crippen LogP contribution in [0.15, 0.2) is 18.3 Å². The number of nitrogens with zero attached hydrogens (tertiary/aromatic N) is 2. The summed E-state index contributed by atoms with van der Waals surface area (Å²) in [6, 6.07) is 3.46. The van der Waals surface area contributed by atoms with Gasteiger partial charge in [0.2, 0.25) is 0 Å². The Bertz CT molecular complexity index is 483. The molecular formula is C16H24N4O. The van der Waals surface area contributed by atoms with Crippen molar-refractivity contribution in [2.75, 3.05) is 32.7 Å². The van der Waals surface area contributed by atoms with Crippen molar-refractivity contribution >= 4 is 5.91 Å². The van der Waals surface area contributed by atoms with Gasteiger partial charge in [0.25, 0.3) is 5.91 Å². The molecule has 0 atom stereocenters. The fraction of sp³-hybridized carbons (Fsp3) is 0.500. The molecule has 0 saturated heterocycles. The second-order valence-electron chi connectivity index (χ2n) is 4.57. The van der Waals surface area contributed by atoms with Gasteiger partial charge in [0.1, 0.15) is 5.69 Å². The third-order valence-electron chi connectivity index (χ3n) is 3.16. The van der Waals surface area contributed by atoms with Crippen molar-refractivity contribution < 1.29 is 4.79 Å². The summed E-state index contributed by atoms with van der Waals surface area (Å²) >= 11 is 0. The lowest BCUT2D eigenvalue weighted by Crippen LogP contribution is -2.30. The summed E-state index contributed by atoms with van der Waals surface area (Å²) in [6.07, 6.45) is 2.53. The molecule has 0 radical (unpaired) electrons. The monoisotopic (exact) mass is 288 g/mol. The lowest BCUT2D eigenvalue weighted by Gasteiger charge is -2.17. The van der Waals surface area contributed by atoms with Crippen molar-refractivity contribution in [2.24, 2.45) is 5.73 Å². The molecule has 21 heavy (non-hydrogen) atoms. The molecule has 5 heteroatoms. The van der Waals surface area contributed by atoms with Gasteiger partial charge in [0, 0.05) is 18.3 Å². The number of nitrogens with two attached hydrogens (primary N) is 1. The van der Waals surface area contributed by atoms with Crippen LogP contribution < -0.4 is 11.1 Å². The van der Waals surface area contributed by atoms with Gasteiger partial charge in [-0.1, -0.05) is 25.7 Å². The Morgan fingerprint density at radius 3 is 2.71 bits per heavy atom. The van der Waals surface area contributed by atoms with E-state index in [-0.39, 0.29) is 5.91 Å². The number of carbonyl (C=O) groups excluding carboxylic acids is 1. The highest BCUT2D eigenvalue weighted by Gasteiger charge is 2.06. The fourth-order valence-corrected chi connectivity index (χ4v) is 1.89. The molecule has 1 aromatic rings. The van der Waals surface area contributed by atoms with E-state index >= 15 is 0 Å². The van der Waals surface area contributed by atoms with E-state index < -0.39 is 0 Å². The van der Waals surface area contributed by atoms with Crippen LogP contribution in [0, 0.1) is 11.8 Å². The van der Waals surface area contributed by atoms with Crippen molar-refractivity contribution in [1.82, 2.24) is 15.2 Å². The van der Waals surface area contributed by atoms with Gasteiger partial charge in [0.05, 0.1) is 6.54 Å². The fourth-order valence-electron chi connectivity index (χ4n) is 1.89. The number of hydrogen-bond donors (Lipinski definition) is 2. The van der Waals surface area contributed by atoms with Gasteiger partial charge in [-0.3, -0.25) is 4.79 Å². The highest BCUT2D eigenvalue weighted by molar-refractivity contribution is 5.92. The first kappa shape index (κ1) is 17.2. The second kappa shape index (κ2) is 9.92. The number of hydrogen-bond acceptors (Lipinski definition) is 4. The zero-order valence-corrected chi connectivity index (χ0v) is 12.9. The predicted octanol–water partition coefficient (Wildman–Crippen LogP) is 0.854. The highest BCUT2D eigenvalue weighted by atomic mass is 16.1. The van der Waals surface area contributed by atoms with Gasteiger partial charge in [-0.15, -0.1) is 0 Å². The minimum atomic E-state index is -0.145. The van der Waals surface area contributed by atoms with Crippen LogP contribution in [-0.4, -0.2) is 48.5 Å². The average Bonchev–Trinajstić information content (AvgIpc) is 2.53. The van der Waals surface area contributed by atoms with E-state index in [1.807, 2.05) is 0 Å². The standard InChI is InChI=1S/C16H24N4O/c1-3-20(4-2)12-6-11-18-16(21)15-9-8-14(13-19-15)7-5-10-17/h8-9,13H,3-4,6,10-12,17H2,1-2H3,(H,18,21). The molecule has 3 N–H and O–H groups in total. The van der Waals surface area contributed by atoms with E-state index in [2.05, 4.69) is 40.9 Å². The molecule has 0 aliphatic carbocycles. The lowest BCUT2D eigenvalue weighted by atomic mass is 10.2. The first-order chi connectivity index (χ1) is 10.2. The molecule has 114 valence electrons. The van der Waals surface area contributed by atoms with Crippen molar-refractivity contribution in [2.45, 2.75) is 20.3 Å². The summed E-state index contributed by atoms with van der Waals surface area (Å²) < 4.78 is 0. The Hall–Kier alpha value is -1.90. The molecule has 0 aliphatic rings. The molecular weight excluding hydrogens is 264 g/mol. The van der Waals surface area contributed by atoms with Crippen LogP contribution in [0.2, 0.25) is 0 Å². The predicted molar refractivity (Wildman–Crippen MR) is 84.9 cm³/mol. The third-order valence-corrected chi connectivity index (χ3v) is 3.16. The Morgan fingerprint density at radius 2 is 2.14 bits per heavy atom. The van der Waals surface area contributed by atoms with Crippen molar-refractivity contribution in [3.05, 3.63) is 29.6 Å². The maximum atomic E-state index is 11.9. The van der Waals surface area contributed by atoms with Crippen LogP contribution in [0.4, 0.5) is 0 Å². The van der Waals surface area contributed by atoms with Gasteiger partial charge in [-0.25, -0.2) is 4.98 Å². The SMILES string of the molecule is CCN(CC)CCCNC(=O)c1ccc(C#CCN)cn1. The van der Waals surface area contributed by atoms with Gasteiger partial charge < -0.3 is 16.0 Å². The van der Waals surface area contributed by atoms with E-state index in [9.17, 15) is 4.79 Å². The first-order valence-corrected chi connectivity index (χ1v) is 7.36. The molecule has 0 spiro atoms.